The largest absolute Gasteiger partial charge is 0.459 e. The number of rotatable bonds is 10. The van der Waals surface area contributed by atoms with Crippen molar-refractivity contribution in [2.45, 2.75) is 173 Å². The van der Waals surface area contributed by atoms with E-state index in [0.717, 1.165) is 0 Å². The molecule has 0 aliphatic carbocycles. The second-order valence-electron chi connectivity index (χ2n) is 18.1. The third-order valence-corrected chi connectivity index (χ3v) is 12.7. The Morgan fingerprint density at radius 3 is 2.11 bits per heavy atom. The standard InChI is InChI=1S/C45H70N2O14.2Ac/c1-14-32-43(8,53)21-24(2)34(48)25(3)22-45(10,61-42(46)52)38(27(5)35(28(6)39(50)57-32)58-33-23-44(9,54-13)37(49)29(7)56-33)60-41-36(31(47(11)12)20-26(4)55-41)59-40(51)30-18-16-15-17-19-30;;/h15-19,21,25-29,31-33,35-38,41,49,53H,14,20,22-23H2,1-13H3,(H2,46,52);;/b24-21+;;/t25-,26-,27+,28-,29+,31+,32-,33+,35+,36-,37+,38-,41?,43+,44-,45-;;/m1../s1. The molecule has 1 aromatic rings. The number of nitrogens with zero attached hydrogens (tertiary/aromatic N) is 1. The van der Waals surface area contributed by atoms with Gasteiger partial charge in [0.1, 0.15) is 29.5 Å². The Kier molecular flexibility index (Phi) is 22.9. The molecule has 0 bridgehead atoms. The number of cyclic esters (lactones) is 1. The summed E-state index contributed by atoms with van der Waals surface area (Å²) in [6.07, 6.45) is -8.33. The number of amides is 1. The van der Waals surface area contributed by atoms with Crippen LogP contribution in [0, 0.1) is 106 Å². The van der Waals surface area contributed by atoms with E-state index in [2.05, 4.69) is 0 Å². The Bertz CT molecular complexity index is 1720. The number of ketones is 1. The molecular formula is C45H70Ac2N2O14. The average molecular weight is 1320 g/mol. The summed E-state index contributed by atoms with van der Waals surface area (Å²) in [7, 11) is 5.18. The smallest absolute Gasteiger partial charge is 0.405 e. The van der Waals surface area contributed by atoms with Crippen LogP contribution in [-0.2, 0) is 47.5 Å². The van der Waals surface area contributed by atoms with Crippen molar-refractivity contribution >= 4 is 23.8 Å². The minimum Gasteiger partial charge on any atom is -0.459 e. The first-order chi connectivity index (χ1) is 28.4. The molecular weight excluding hydrogens is 1250 g/mol. The molecule has 3 aliphatic rings. The van der Waals surface area contributed by atoms with Crippen LogP contribution in [0.15, 0.2) is 42.0 Å². The number of aliphatic hydroxyl groups is 2. The van der Waals surface area contributed by atoms with Crippen LogP contribution in [0.2, 0.25) is 0 Å². The van der Waals surface area contributed by atoms with Crippen LogP contribution >= 0.6 is 0 Å². The number of hydrogen-bond donors (Lipinski definition) is 3. The summed E-state index contributed by atoms with van der Waals surface area (Å²) in [6, 6.07) is 8.08. The van der Waals surface area contributed by atoms with Gasteiger partial charge in [0.2, 0.25) is 0 Å². The fourth-order valence-corrected chi connectivity index (χ4v) is 9.27. The van der Waals surface area contributed by atoms with Crippen molar-refractivity contribution in [2.24, 2.45) is 23.5 Å². The Morgan fingerprint density at radius 1 is 0.937 bits per heavy atom. The number of hydrogen-bond acceptors (Lipinski definition) is 15. The maximum atomic E-state index is 14.4. The van der Waals surface area contributed by atoms with E-state index in [1.807, 2.05) is 25.9 Å². The SMILES string of the molecule is CC[C@H]1OC(=O)[C@H](C)[C@@H](O[C@H]2C[C@@](C)(OC)[C@@H](O)[C@H](C)O2)[C@H](C)[C@@H](OC2O[C@H](C)C[C@H](N(C)C)[C@H]2OC(=O)c2ccccc2)[C@](C)(OC(N)=O)C[C@@H](C)C(=O)/C(C)=C/[C@]1(C)O.[Ac].[Ac]. The molecule has 2 fully saturated rings. The molecule has 350 valence electrons. The summed E-state index contributed by atoms with van der Waals surface area (Å²) >= 11 is 0. The predicted octanol–water partition coefficient (Wildman–Crippen LogP) is 4.70. The molecule has 1 aromatic carbocycles. The number of likely N-dealkylation sites (N-methyl/N-ethyl adjacent to an activating group) is 1. The molecule has 63 heavy (non-hydrogen) atoms. The van der Waals surface area contributed by atoms with Gasteiger partial charge >= 0.3 is 18.0 Å². The van der Waals surface area contributed by atoms with E-state index in [-0.39, 0.29) is 119 Å². The molecule has 4 N–H and O–H groups in total. The van der Waals surface area contributed by atoms with Crippen LogP contribution in [0.3, 0.4) is 0 Å². The minimum absolute atomic E-state index is 0. The maximum Gasteiger partial charge on any atom is 0.405 e. The molecule has 1 amide bonds. The van der Waals surface area contributed by atoms with Crippen LogP contribution in [-0.4, -0.2) is 138 Å². The number of primary amides is 1. The van der Waals surface area contributed by atoms with Gasteiger partial charge in [-0.1, -0.05) is 39.0 Å². The fraction of sp³-hybridized carbons (Fsp3) is 0.733. The predicted molar refractivity (Wildman–Crippen MR) is 223 cm³/mol. The Morgan fingerprint density at radius 2 is 1.56 bits per heavy atom. The van der Waals surface area contributed by atoms with Crippen LogP contribution in [0.4, 0.5) is 4.79 Å². The van der Waals surface area contributed by atoms with E-state index in [4.69, 9.17) is 43.6 Å². The van der Waals surface area contributed by atoms with E-state index in [9.17, 15) is 29.4 Å². The number of benzene rings is 1. The molecule has 18 heteroatoms. The van der Waals surface area contributed by atoms with Crippen LogP contribution in [0.1, 0.15) is 105 Å². The summed E-state index contributed by atoms with van der Waals surface area (Å²) in [5, 5.41) is 22.7. The summed E-state index contributed by atoms with van der Waals surface area (Å²) in [6.45, 7) is 16.6. The first-order valence-corrected chi connectivity index (χ1v) is 21.3. The van der Waals surface area contributed by atoms with Crippen molar-refractivity contribution in [3.63, 3.8) is 0 Å². The number of ether oxygens (including phenoxy) is 8. The number of nitrogens with two attached hydrogens (primary N) is 1. The quantitative estimate of drug-likeness (QED) is 0.214. The molecule has 3 heterocycles. The monoisotopic (exact) mass is 1320 g/mol. The van der Waals surface area contributed by atoms with Gasteiger partial charge in [-0.15, -0.1) is 0 Å². The maximum absolute atomic E-state index is 14.4. The summed E-state index contributed by atoms with van der Waals surface area (Å²) < 4.78 is 50.6. The molecule has 0 aromatic heterocycles. The zero-order valence-corrected chi connectivity index (χ0v) is 48.8. The first-order valence-electron chi connectivity index (χ1n) is 21.3. The fourth-order valence-electron chi connectivity index (χ4n) is 9.27. The third kappa shape index (κ3) is 14.5. The number of allylic oxidation sites excluding steroid dienone is 1. The van der Waals surface area contributed by atoms with Crippen LogP contribution in [0.25, 0.3) is 0 Å². The molecule has 4 rings (SSSR count). The number of aliphatic hydroxyl groups excluding tert-OH is 1. The summed E-state index contributed by atoms with van der Waals surface area (Å²) in [5.74, 6) is -4.66. The van der Waals surface area contributed by atoms with Crippen molar-refractivity contribution in [3.05, 3.63) is 47.5 Å². The van der Waals surface area contributed by atoms with Crippen molar-refractivity contribution in [1.29, 1.82) is 0 Å². The van der Waals surface area contributed by atoms with E-state index >= 15 is 0 Å². The van der Waals surface area contributed by atoms with E-state index in [0.29, 0.717) is 12.0 Å². The van der Waals surface area contributed by atoms with Gasteiger partial charge in [0.05, 0.1) is 41.4 Å². The van der Waals surface area contributed by atoms with Gasteiger partial charge < -0.3 is 58.7 Å². The first kappa shape index (κ1) is 58.5. The minimum atomic E-state index is -1.76. The molecule has 16 nitrogen and oxygen atoms in total. The zero-order chi connectivity index (χ0) is 45.8. The molecule has 3 aliphatic heterocycles. The topological polar surface area (TPSA) is 212 Å². The number of carbonyl (C=O) groups excluding carboxylic acids is 4. The van der Waals surface area contributed by atoms with Crippen LogP contribution in [0.5, 0.6) is 0 Å². The second kappa shape index (κ2) is 24.6. The van der Waals surface area contributed by atoms with Gasteiger partial charge in [0.15, 0.2) is 24.5 Å². The zero-order valence-electron chi connectivity index (χ0n) is 39.3. The summed E-state index contributed by atoms with van der Waals surface area (Å²) in [5.41, 5.74) is 1.71. The molecule has 1 unspecified atom stereocenters. The second-order valence-corrected chi connectivity index (χ2v) is 18.1. The molecule has 0 spiro atoms. The third-order valence-electron chi connectivity index (χ3n) is 12.7. The van der Waals surface area contributed by atoms with Gasteiger partial charge in [-0.25, -0.2) is 9.59 Å². The van der Waals surface area contributed by atoms with E-state index in [1.165, 1.54) is 20.1 Å². The number of esters is 2. The van der Waals surface area contributed by atoms with E-state index in [1.54, 1.807) is 85.7 Å². The van der Waals surface area contributed by atoms with Gasteiger partial charge in [0.25, 0.3) is 0 Å². The number of Topliss-reactive ketones (excluding diaryl/α,β-unsaturated/α-hetero) is 1. The van der Waals surface area contributed by atoms with Crippen molar-refractivity contribution in [2.75, 3.05) is 21.2 Å². The van der Waals surface area contributed by atoms with Gasteiger partial charge in [-0.05, 0) is 106 Å². The van der Waals surface area contributed by atoms with Crippen molar-refractivity contribution in [3.8, 4) is 0 Å². The van der Waals surface area contributed by atoms with Gasteiger partial charge in [0, 0.05) is 113 Å². The Balaban J connectivity index is 0.00000683. The average Bonchev–Trinajstić information content (AvgIpc) is 3.18. The van der Waals surface area contributed by atoms with Crippen molar-refractivity contribution < 1.29 is 155 Å². The van der Waals surface area contributed by atoms with Gasteiger partial charge in [-0.3, -0.25) is 9.59 Å². The molecule has 2 saturated heterocycles. The number of methoxy groups -OCH3 is 1. The molecule has 2 radical (unpaired) electrons. The van der Waals surface area contributed by atoms with Crippen molar-refractivity contribution in [1.82, 2.24) is 4.90 Å². The normalized spacial score (nSPS) is 40.2. The molecule has 16 atom stereocenters. The summed E-state index contributed by atoms with van der Waals surface area (Å²) in [4.78, 5) is 57.2. The Labute approximate surface area is 444 Å². The molecule has 0 saturated carbocycles. The van der Waals surface area contributed by atoms with E-state index < -0.39 is 114 Å². The Hall–Kier alpha value is -0.597. The number of carbonyl (C=O) groups is 4. The van der Waals surface area contributed by atoms with Crippen LogP contribution < -0.4 is 5.73 Å². The van der Waals surface area contributed by atoms with Gasteiger partial charge in [-0.2, -0.15) is 0 Å².